The van der Waals surface area contributed by atoms with Crippen molar-refractivity contribution in [1.82, 2.24) is 4.98 Å². The van der Waals surface area contributed by atoms with Crippen LogP contribution in [0.2, 0.25) is 10.0 Å². The zero-order valence-corrected chi connectivity index (χ0v) is 26.3. The third kappa shape index (κ3) is 4.72. The number of para-hydroxylation sites is 2. The molecule has 0 N–H and O–H groups in total. The Morgan fingerprint density at radius 1 is 0.591 bits per heavy atom. The highest BCUT2D eigenvalue weighted by Gasteiger charge is 2.26. The highest BCUT2D eigenvalue weighted by molar-refractivity contribution is 7.18. The number of halogens is 2. The summed E-state index contributed by atoms with van der Waals surface area (Å²) in [5, 5.41) is 8.94. The maximum absolute atomic E-state index is 6.46. The van der Waals surface area contributed by atoms with Gasteiger partial charge in [-0.2, -0.15) is 0 Å². The van der Waals surface area contributed by atoms with E-state index >= 15 is 0 Å². The van der Waals surface area contributed by atoms with Crippen molar-refractivity contribution in [3.8, 4) is 22.3 Å². The molecule has 0 atom stereocenters. The number of aromatic nitrogens is 1. The standard InChI is InChI=1S/C38H22Cl2N2S2/c39-25-16-12-23(13-17-25)32-28-9-4-5-10-30(28)42-37-35(32)33(24-14-18-26(40)19-15-24)34(29-20-22-44-38(29)37)36(31-11-6-21-43-31)41-27-7-2-1-3-8-27/h1-22H. The van der Waals surface area contributed by atoms with Gasteiger partial charge in [-0.15, -0.1) is 22.7 Å². The van der Waals surface area contributed by atoms with Crippen LogP contribution in [-0.4, -0.2) is 10.7 Å². The molecule has 0 saturated carbocycles. The predicted octanol–water partition coefficient (Wildman–Crippen LogP) is 12.5. The molecule has 0 spiro atoms. The number of nitrogens with zero attached hydrogens (tertiary/aromatic N) is 2. The molecular weight excluding hydrogens is 619 g/mol. The molecule has 0 radical (unpaired) electrons. The predicted molar refractivity (Wildman–Crippen MR) is 192 cm³/mol. The third-order valence-electron chi connectivity index (χ3n) is 7.80. The van der Waals surface area contributed by atoms with Crippen molar-refractivity contribution in [2.75, 3.05) is 0 Å². The lowest BCUT2D eigenvalue weighted by molar-refractivity contribution is 1.49. The summed E-state index contributed by atoms with van der Waals surface area (Å²) in [4.78, 5) is 11.8. The van der Waals surface area contributed by atoms with Crippen LogP contribution in [0.4, 0.5) is 5.69 Å². The first kappa shape index (κ1) is 27.2. The molecule has 0 unspecified atom stereocenters. The van der Waals surface area contributed by atoms with Gasteiger partial charge in [0.25, 0.3) is 0 Å². The first-order chi connectivity index (χ1) is 21.7. The second kappa shape index (κ2) is 11.3. The van der Waals surface area contributed by atoms with E-state index in [1.165, 1.54) is 0 Å². The lowest BCUT2D eigenvalue weighted by Gasteiger charge is -2.21. The van der Waals surface area contributed by atoms with Crippen LogP contribution in [-0.2, 0) is 0 Å². The van der Waals surface area contributed by atoms with Crippen LogP contribution < -0.4 is 0 Å². The lowest BCUT2D eigenvalue weighted by Crippen LogP contribution is -2.06. The molecule has 5 aromatic carbocycles. The molecule has 8 aromatic rings. The lowest BCUT2D eigenvalue weighted by atomic mass is 9.85. The van der Waals surface area contributed by atoms with Crippen molar-refractivity contribution in [2.45, 2.75) is 0 Å². The summed E-state index contributed by atoms with van der Waals surface area (Å²) in [6.45, 7) is 0. The molecule has 8 rings (SSSR count). The number of pyridine rings is 1. The van der Waals surface area contributed by atoms with Gasteiger partial charge in [0.2, 0.25) is 0 Å². The van der Waals surface area contributed by atoms with E-state index in [1.54, 1.807) is 22.7 Å². The zero-order chi connectivity index (χ0) is 29.6. The number of aliphatic imine (C=N–C) groups is 1. The summed E-state index contributed by atoms with van der Waals surface area (Å²) in [7, 11) is 0. The molecule has 3 heterocycles. The minimum atomic E-state index is 0.689. The largest absolute Gasteiger partial charge is 0.247 e. The number of benzene rings is 5. The summed E-state index contributed by atoms with van der Waals surface area (Å²) in [6, 6.07) is 41.3. The fourth-order valence-electron chi connectivity index (χ4n) is 5.92. The van der Waals surface area contributed by atoms with Gasteiger partial charge < -0.3 is 0 Å². The molecule has 2 nitrogen and oxygen atoms in total. The highest BCUT2D eigenvalue weighted by atomic mass is 35.5. The fraction of sp³-hybridized carbons (Fsp3) is 0. The molecule has 0 aliphatic carbocycles. The number of fused-ring (bicyclic) bond motifs is 4. The van der Waals surface area contributed by atoms with Crippen molar-refractivity contribution in [1.29, 1.82) is 0 Å². The first-order valence-electron chi connectivity index (χ1n) is 14.1. The normalized spacial score (nSPS) is 12.0. The van der Waals surface area contributed by atoms with E-state index in [4.69, 9.17) is 33.2 Å². The Morgan fingerprint density at radius 2 is 1.27 bits per heavy atom. The Hall–Kier alpha value is -4.32. The van der Waals surface area contributed by atoms with E-state index in [2.05, 4.69) is 83.6 Å². The number of rotatable bonds is 5. The SMILES string of the molecule is Clc1ccc(-c2c(C(=Nc3ccccc3)c3cccs3)c3ccsc3c3nc4ccccc4c(-c4ccc(Cl)cc4)c23)cc1. The Balaban J connectivity index is 1.64. The highest BCUT2D eigenvalue weighted by Crippen LogP contribution is 2.48. The molecule has 0 aliphatic rings. The second-order valence-electron chi connectivity index (χ2n) is 10.4. The number of thiophene rings is 2. The number of hydrogen-bond donors (Lipinski definition) is 0. The van der Waals surface area contributed by atoms with E-state index in [9.17, 15) is 0 Å². The average Bonchev–Trinajstić information content (AvgIpc) is 3.77. The van der Waals surface area contributed by atoms with Crippen LogP contribution >= 0.6 is 45.9 Å². The van der Waals surface area contributed by atoms with Crippen molar-refractivity contribution >= 4 is 89.2 Å². The van der Waals surface area contributed by atoms with Crippen LogP contribution in [0.25, 0.3) is 54.1 Å². The fourth-order valence-corrected chi connectivity index (χ4v) is 7.78. The van der Waals surface area contributed by atoms with E-state index in [1.807, 2.05) is 48.5 Å². The van der Waals surface area contributed by atoms with Crippen LogP contribution in [0, 0.1) is 0 Å². The Bertz CT molecular complexity index is 2320. The van der Waals surface area contributed by atoms with Crippen LogP contribution in [0.1, 0.15) is 10.4 Å². The van der Waals surface area contributed by atoms with Gasteiger partial charge in [0.1, 0.15) is 0 Å². The summed E-state index contributed by atoms with van der Waals surface area (Å²) in [5.74, 6) is 0. The molecule has 6 heteroatoms. The zero-order valence-electron chi connectivity index (χ0n) is 23.2. The third-order valence-corrected chi connectivity index (χ3v) is 10.1. The second-order valence-corrected chi connectivity index (χ2v) is 13.2. The van der Waals surface area contributed by atoms with Gasteiger partial charge in [0.15, 0.2) is 0 Å². The molecule has 0 saturated heterocycles. The van der Waals surface area contributed by atoms with Crippen molar-refractivity contribution in [3.05, 3.63) is 153 Å². The Kier molecular flexibility index (Phi) is 7.00. The van der Waals surface area contributed by atoms with Gasteiger partial charge in [-0.05, 0) is 76.5 Å². The van der Waals surface area contributed by atoms with Gasteiger partial charge in [-0.25, -0.2) is 9.98 Å². The summed E-state index contributed by atoms with van der Waals surface area (Å²) >= 11 is 16.3. The molecule has 3 aromatic heterocycles. The minimum absolute atomic E-state index is 0.689. The smallest absolute Gasteiger partial charge is 0.0900 e. The maximum atomic E-state index is 6.46. The molecular formula is C38H22Cl2N2S2. The number of hydrogen-bond acceptors (Lipinski definition) is 4. The first-order valence-corrected chi connectivity index (χ1v) is 16.6. The minimum Gasteiger partial charge on any atom is -0.247 e. The monoisotopic (exact) mass is 640 g/mol. The van der Waals surface area contributed by atoms with Crippen LogP contribution in [0.15, 0.2) is 137 Å². The van der Waals surface area contributed by atoms with E-state index in [0.29, 0.717) is 10.0 Å². The summed E-state index contributed by atoms with van der Waals surface area (Å²) in [5.41, 5.74) is 9.15. The van der Waals surface area contributed by atoms with Crippen molar-refractivity contribution in [2.24, 2.45) is 4.99 Å². The van der Waals surface area contributed by atoms with E-state index in [-0.39, 0.29) is 0 Å². The molecule has 0 amide bonds. The van der Waals surface area contributed by atoms with Gasteiger partial charge >= 0.3 is 0 Å². The quantitative estimate of drug-likeness (QED) is 0.136. The average molecular weight is 642 g/mol. The van der Waals surface area contributed by atoms with E-state index in [0.717, 1.165) is 76.0 Å². The molecule has 0 bridgehead atoms. The van der Waals surface area contributed by atoms with E-state index < -0.39 is 0 Å². The summed E-state index contributed by atoms with van der Waals surface area (Å²) in [6.07, 6.45) is 0. The Labute approximate surface area is 272 Å². The molecule has 210 valence electrons. The summed E-state index contributed by atoms with van der Waals surface area (Å²) < 4.78 is 1.13. The van der Waals surface area contributed by atoms with Gasteiger partial charge in [0, 0.05) is 42.9 Å². The Morgan fingerprint density at radius 3 is 1.98 bits per heavy atom. The van der Waals surface area contributed by atoms with Crippen LogP contribution in [0.5, 0.6) is 0 Å². The molecule has 0 fully saturated rings. The topological polar surface area (TPSA) is 25.2 Å². The van der Waals surface area contributed by atoms with Crippen molar-refractivity contribution < 1.29 is 0 Å². The molecule has 44 heavy (non-hydrogen) atoms. The maximum Gasteiger partial charge on any atom is 0.0900 e. The van der Waals surface area contributed by atoms with Crippen LogP contribution in [0.3, 0.4) is 0 Å². The molecule has 0 aliphatic heterocycles. The van der Waals surface area contributed by atoms with Gasteiger partial charge in [-0.3, -0.25) is 0 Å². The van der Waals surface area contributed by atoms with Crippen molar-refractivity contribution in [3.63, 3.8) is 0 Å². The van der Waals surface area contributed by atoms with Gasteiger partial charge in [0.05, 0.1) is 32.0 Å². The van der Waals surface area contributed by atoms with Gasteiger partial charge in [-0.1, -0.05) is 89.9 Å².